The van der Waals surface area contributed by atoms with Crippen molar-refractivity contribution in [1.29, 1.82) is 0 Å². The summed E-state index contributed by atoms with van der Waals surface area (Å²) in [5.41, 5.74) is 1.35. The molecule has 0 spiro atoms. The number of nitrogens with one attached hydrogen (secondary N) is 1. The van der Waals surface area contributed by atoms with E-state index in [1.165, 1.54) is 18.4 Å². The van der Waals surface area contributed by atoms with Crippen molar-refractivity contribution in [2.45, 2.75) is 46.1 Å². The first kappa shape index (κ1) is 14.0. The Bertz CT molecular complexity index is 290. The van der Waals surface area contributed by atoms with Crippen LogP contribution in [0.5, 0.6) is 5.75 Å². The summed E-state index contributed by atoms with van der Waals surface area (Å²) in [6.45, 7) is 8.25. The van der Waals surface area contributed by atoms with Gasteiger partial charge in [0.15, 0.2) is 0 Å². The molecule has 17 heavy (non-hydrogen) atoms. The largest absolute Gasteiger partial charge is 0.492 e. The van der Waals surface area contributed by atoms with Crippen molar-refractivity contribution in [2.75, 3.05) is 13.2 Å². The van der Waals surface area contributed by atoms with Crippen LogP contribution in [0.25, 0.3) is 0 Å². The highest BCUT2D eigenvalue weighted by atomic mass is 16.5. The summed E-state index contributed by atoms with van der Waals surface area (Å²) in [5, 5.41) is 3.49. The summed E-state index contributed by atoms with van der Waals surface area (Å²) < 4.78 is 5.68. The monoisotopic (exact) mass is 235 g/mol. The highest BCUT2D eigenvalue weighted by Gasteiger charge is 2.01. The Morgan fingerprint density at radius 2 is 1.71 bits per heavy atom. The highest BCUT2D eigenvalue weighted by molar-refractivity contribution is 5.27. The third-order valence-electron chi connectivity index (χ3n) is 3.12. The summed E-state index contributed by atoms with van der Waals surface area (Å²) in [4.78, 5) is 0. The lowest BCUT2D eigenvalue weighted by Crippen LogP contribution is -2.31. The molecule has 0 saturated heterocycles. The van der Waals surface area contributed by atoms with Crippen molar-refractivity contribution in [3.63, 3.8) is 0 Å². The molecule has 96 valence electrons. The van der Waals surface area contributed by atoms with Gasteiger partial charge in [0.2, 0.25) is 0 Å². The average molecular weight is 235 g/mol. The van der Waals surface area contributed by atoms with Crippen LogP contribution in [-0.4, -0.2) is 19.2 Å². The Morgan fingerprint density at radius 1 is 1.06 bits per heavy atom. The lowest BCUT2D eigenvalue weighted by atomic mass is 10.2. The normalized spacial score (nSPS) is 10.8. The number of aryl methyl sites for hydroxylation is 1. The fourth-order valence-corrected chi connectivity index (χ4v) is 1.83. The molecule has 0 aliphatic heterocycles. The molecular formula is C15H25NO. The van der Waals surface area contributed by atoms with Crippen LogP contribution in [0.2, 0.25) is 0 Å². The van der Waals surface area contributed by atoms with E-state index in [2.05, 4.69) is 50.4 Å². The molecule has 0 atom stereocenters. The molecule has 0 aromatic heterocycles. The molecule has 0 aliphatic carbocycles. The summed E-state index contributed by atoms with van der Waals surface area (Å²) >= 11 is 0. The van der Waals surface area contributed by atoms with Gasteiger partial charge in [-0.1, -0.05) is 32.9 Å². The molecule has 0 radical (unpaired) electrons. The van der Waals surface area contributed by atoms with Gasteiger partial charge in [0.05, 0.1) is 0 Å². The maximum absolute atomic E-state index is 5.68. The first-order valence-corrected chi connectivity index (χ1v) is 6.75. The van der Waals surface area contributed by atoms with E-state index in [4.69, 9.17) is 4.74 Å². The number of hydrogen-bond donors (Lipinski definition) is 1. The first-order chi connectivity index (χ1) is 8.30. The Hall–Kier alpha value is -1.02. The van der Waals surface area contributed by atoms with Crippen LogP contribution in [-0.2, 0) is 6.42 Å². The van der Waals surface area contributed by atoms with Gasteiger partial charge < -0.3 is 10.1 Å². The Balaban J connectivity index is 2.21. The quantitative estimate of drug-likeness (QED) is 0.697. The topological polar surface area (TPSA) is 21.3 Å². The van der Waals surface area contributed by atoms with Gasteiger partial charge in [-0.3, -0.25) is 0 Å². The molecule has 0 fully saturated rings. The summed E-state index contributed by atoms with van der Waals surface area (Å²) in [5.74, 6) is 0.966. The molecule has 0 unspecified atom stereocenters. The van der Waals surface area contributed by atoms with E-state index >= 15 is 0 Å². The van der Waals surface area contributed by atoms with Crippen molar-refractivity contribution < 1.29 is 4.74 Å². The highest BCUT2D eigenvalue weighted by Crippen LogP contribution is 2.12. The van der Waals surface area contributed by atoms with Crippen LogP contribution in [0.1, 0.15) is 39.2 Å². The second-order valence-corrected chi connectivity index (χ2v) is 4.31. The van der Waals surface area contributed by atoms with Crippen molar-refractivity contribution in [3.05, 3.63) is 29.8 Å². The van der Waals surface area contributed by atoms with Crippen LogP contribution in [0.3, 0.4) is 0 Å². The van der Waals surface area contributed by atoms with E-state index in [1.807, 2.05) is 0 Å². The number of ether oxygens (including phenoxy) is 1. The summed E-state index contributed by atoms with van der Waals surface area (Å²) in [7, 11) is 0. The van der Waals surface area contributed by atoms with E-state index in [1.54, 1.807) is 0 Å². The molecular weight excluding hydrogens is 210 g/mol. The number of benzene rings is 1. The van der Waals surface area contributed by atoms with Crippen LogP contribution >= 0.6 is 0 Å². The zero-order valence-corrected chi connectivity index (χ0v) is 11.3. The first-order valence-electron chi connectivity index (χ1n) is 6.75. The van der Waals surface area contributed by atoms with Gasteiger partial charge in [-0.2, -0.15) is 0 Å². The Morgan fingerprint density at radius 3 is 2.24 bits per heavy atom. The zero-order valence-electron chi connectivity index (χ0n) is 11.3. The van der Waals surface area contributed by atoms with Gasteiger partial charge in [-0.05, 0) is 37.0 Å². The lowest BCUT2D eigenvalue weighted by Gasteiger charge is -2.14. The van der Waals surface area contributed by atoms with E-state index in [-0.39, 0.29) is 0 Å². The molecule has 0 heterocycles. The minimum atomic E-state index is 0.626. The van der Waals surface area contributed by atoms with E-state index in [0.717, 1.165) is 25.3 Å². The Kier molecular flexibility index (Phi) is 6.71. The molecule has 0 bridgehead atoms. The van der Waals surface area contributed by atoms with E-state index in [0.29, 0.717) is 6.04 Å². The lowest BCUT2D eigenvalue weighted by molar-refractivity contribution is 0.302. The molecule has 1 aromatic carbocycles. The van der Waals surface area contributed by atoms with Gasteiger partial charge >= 0.3 is 0 Å². The third-order valence-corrected chi connectivity index (χ3v) is 3.12. The predicted octanol–water partition coefficient (Wildman–Crippen LogP) is 3.41. The zero-order chi connectivity index (χ0) is 12.5. The third kappa shape index (κ3) is 5.22. The van der Waals surface area contributed by atoms with Crippen LogP contribution in [0.4, 0.5) is 0 Å². The molecule has 2 heteroatoms. The second-order valence-electron chi connectivity index (χ2n) is 4.31. The number of hydrogen-bond acceptors (Lipinski definition) is 2. The van der Waals surface area contributed by atoms with E-state index < -0.39 is 0 Å². The molecule has 0 amide bonds. The van der Waals surface area contributed by atoms with Crippen molar-refractivity contribution in [2.24, 2.45) is 0 Å². The summed E-state index contributed by atoms with van der Waals surface area (Å²) in [6.07, 6.45) is 3.44. The predicted molar refractivity (Wildman–Crippen MR) is 73.7 cm³/mol. The fraction of sp³-hybridized carbons (Fsp3) is 0.600. The van der Waals surface area contributed by atoms with Crippen LogP contribution in [0.15, 0.2) is 24.3 Å². The average Bonchev–Trinajstić information content (AvgIpc) is 2.40. The minimum Gasteiger partial charge on any atom is -0.492 e. The molecule has 2 nitrogen and oxygen atoms in total. The van der Waals surface area contributed by atoms with Crippen molar-refractivity contribution in [1.82, 2.24) is 5.32 Å². The summed E-state index contributed by atoms with van der Waals surface area (Å²) in [6, 6.07) is 8.99. The van der Waals surface area contributed by atoms with Gasteiger partial charge in [-0.15, -0.1) is 0 Å². The number of rotatable bonds is 8. The maximum atomic E-state index is 5.68. The van der Waals surface area contributed by atoms with Crippen molar-refractivity contribution >= 4 is 0 Å². The molecule has 1 N–H and O–H groups in total. The molecule has 0 aliphatic rings. The van der Waals surface area contributed by atoms with E-state index in [9.17, 15) is 0 Å². The van der Waals surface area contributed by atoms with Gasteiger partial charge in [-0.25, -0.2) is 0 Å². The van der Waals surface area contributed by atoms with Crippen LogP contribution in [0, 0.1) is 0 Å². The smallest absolute Gasteiger partial charge is 0.119 e. The molecule has 1 rings (SSSR count). The molecule has 1 aromatic rings. The van der Waals surface area contributed by atoms with Crippen LogP contribution < -0.4 is 10.1 Å². The van der Waals surface area contributed by atoms with Gasteiger partial charge in [0.1, 0.15) is 12.4 Å². The standard InChI is InChI=1S/C15H25NO/c1-4-13-7-9-15(10-8-13)17-12-11-16-14(5-2)6-3/h7-10,14,16H,4-6,11-12H2,1-3H3. The van der Waals surface area contributed by atoms with Gasteiger partial charge in [0.25, 0.3) is 0 Å². The van der Waals surface area contributed by atoms with Gasteiger partial charge in [0, 0.05) is 12.6 Å². The minimum absolute atomic E-state index is 0.626. The molecule has 0 saturated carbocycles. The van der Waals surface area contributed by atoms with Crippen molar-refractivity contribution in [3.8, 4) is 5.75 Å². The SMILES string of the molecule is CCc1ccc(OCCNC(CC)CC)cc1. The fourth-order valence-electron chi connectivity index (χ4n) is 1.83. The Labute approximate surface area is 105 Å². The second kappa shape index (κ2) is 8.13. The maximum Gasteiger partial charge on any atom is 0.119 e.